The van der Waals surface area contributed by atoms with Crippen LogP contribution in [-0.4, -0.2) is 20.7 Å². The van der Waals surface area contributed by atoms with Crippen LogP contribution in [0.5, 0.6) is 5.75 Å². The number of benzene rings is 2. The number of ether oxygens (including phenoxy) is 1. The quantitative estimate of drug-likeness (QED) is 0.730. The van der Waals surface area contributed by atoms with Crippen LogP contribution in [0, 0.1) is 0 Å². The fourth-order valence-electron chi connectivity index (χ4n) is 2.49. The molecule has 26 heavy (non-hydrogen) atoms. The Hall–Kier alpha value is -2.78. The third-order valence-electron chi connectivity index (χ3n) is 3.75. The predicted molar refractivity (Wildman–Crippen MR) is 90.3 cm³/mol. The molecule has 0 spiro atoms. The minimum Gasteiger partial charge on any atom is -0.497 e. The summed E-state index contributed by atoms with van der Waals surface area (Å²) in [4.78, 5) is -0.123. The number of methoxy groups -OCH3 is 1. The SMILES string of the molecule is COc1ccc(-c2noc(C(F)F)c2-c2ccc(S(N)(=O)=O)cc2)cc1. The van der Waals surface area contributed by atoms with Gasteiger partial charge in [0.1, 0.15) is 11.4 Å². The van der Waals surface area contributed by atoms with E-state index in [1.54, 1.807) is 24.3 Å². The summed E-state index contributed by atoms with van der Waals surface area (Å²) in [5.41, 5.74) is 1.18. The Bertz CT molecular complexity index is 1010. The van der Waals surface area contributed by atoms with E-state index in [-0.39, 0.29) is 16.2 Å². The lowest BCUT2D eigenvalue weighted by atomic mass is 9.99. The van der Waals surface area contributed by atoms with Crippen LogP contribution >= 0.6 is 0 Å². The van der Waals surface area contributed by atoms with Crippen LogP contribution in [0.1, 0.15) is 12.2 Å². The van der Waals surface area contributed by atoms with Crippen LogP contribution in [0.2, 0.25) is 0 Å². The molecule has 1 heterocycles. The first kappa shape index (κ1) is 18.0. The molecule has 3 aromatic rings. The van der Waals surface area contributed by atoms with E-state index < -0.39 is 22.2 Å². The maximum absolute atomic E-state index is 13.4. The molecule has 6 nitrogen and oxygen atoms in total. The summed E-state index contributed by atoms with van der Waals surface area (Å²) < 4.78 is 59.4. The molecule has 2 aromatic carbocycles. The Morgan fingerprint density at radius 2 is 1.62 bits per heavy atom. The van der Waals surface area contributed by atoms with Crippen molar-refractivity contribution < 1.29 is 26.5 Å². The van der Waals surface area contributed by atoms with Gasteiger partial charge in [-0.3, -0.25) is 0 Å². The van der Waals surface area contributed by atoms with Crippen molar-refractivity contribution in [3.63, 3.8) is 0 Å². The van der Waals surface area contributed by atoms with Crippen LogP contribution in [0.25, 0.3) is 22.4 Å². The number of nitrogens with two attached hydrogens (primary N) is 1. The number of rotatable bonds is 5. The summed E-state index contributed by atoms with van der Waals surface area (Å²) in [6.07, 6.45) is -2.89. The molecule has 1 aromatic heterocycles. The fraction of sp³-hybridized carbons (Fsp3) is 0.118. The molecule has 0 aliphatic rings. The molecule has 0 saturated heterocycles. The highest BCUT2D eigenvalue weighted by atomic mass is 32.2. The van der Waals surface area contributed by atoms with Crippen molar-refractivity contribution in [3.05, 3.63) is 54.3 Å². The molecule has 2 N–H and O–H groups in total. The zero-order valence-corrected chi connectivity index (χ0v) is 14.3. The molecule has 3 rings (SSSR count). The van der Waals surface area contributed by atoms with E-state index in [2.05, 4.69) is 5.16 Å². The summed E-state index contributed by atoms with van der Waals surface area (Å²) >= 11 is 0. The smallest absolute Gasteiger partial charge is 0.298 e. The molecular weight excluding hydrogens is 366 g/mol. The Morgan fingerprint density at radius 1 is 1.04 bits per heavy atom. The molecule has 0 aliphatic heterocycles. The molecule has 0 aliphatic carbocycles. The maximum Gasteiger partial charge on any atom is 0.298 e. The van der Waals surface area contributed by atoms with Gasteiger partial charge in [-0.1, -0.05) is 17.3 Å². The van der Waals surface area contributed by atoms with Crippen molar-refractivity contribution >= 4 is 10.0 Å². The second-order valence-electron chi connectivity index (χ2n) is 5.37. The van der Waals surface area contributed by atoms with Gasteiger partial charge >= 0.3 is 0 Å². The average molecular weight is 380 g/mol. The van der Waals surface area contributed by atoms with E-state index in [1.807, 2.05) is 0 Å². The number of aromatic nitrogens is 1. The molecule has 136 valence electrons. The van der Waals surface area contributed by atoms with E-state index in [1.165, 1.54) is 31.4 Å². The molecule has 0 saturated carbocycles. The van der Waals surface area contributed by atoms with E-state index in [9.17, 15) is 17.2 Å². The van der Waals surface area contributed by atoms with E-state index in [0.717, 1.165) is 0 Å². The van der Waals surface area contributed by atoms with Crippen molar-refractivity contribution in [1.29, 1.82) is 0 Å². The molecular formula is C17H14F2N2O4S. The monoisotopic (exact) mass is 380 g/mol. The standard InChI is InChI=1S/C17H14F2N2O4S/c1-24-12-6-2-11(3-7-12)15-14(16(17(18)19)25-21-15)10-4-8-13(9-5-10)26(20,22)23/h2-9,17H,1H3,(H2,20,22,23). The number of hydrogen-bond donors (Lipinski definition) is 1. The van der Waals surface area contributed by atoms with Crippen LogP contribution in [0.4, 0.5) is 8.78 Å². The third kappa shape index (κ3) is 3.44. The Balaban J connectivity index is 2.14. The third-order valence-corrected chi connectivity index (χ3v) is 4.68. The summed E-state index contributed by atoms with van der Waals surface area (Å²) in [6.45, 7) is 0. The lowest BCUT2D eigenvalue weighted by Crippen LogP contribution is -2.11. The van der Waals surface area contributed by atoms with Gasteiger partial charge in [0.05, 0.1) is 17.6 Å². The van der Waals surface area contributed by atoms with Gasteiger partial charge in [0.2, 0.25) is 15.8 Å². The predicted octanol–water partition coefficient (Wildman–Crippen LogP) is 3.60. The summed E-state index contributed by atoms with van der Waals surface area (Å²) in [6, 6.07) is 11.9. The van der Waals surface area contributed by atoms with E-state index >= 15 is 0 Å². The van der Waals surface area contributed by atoms with E-state index in [4.69, 9.17) is 14.4 Å². The molecule has 0 radical (unpaired) electrons. The lowest BCUT2D eigenvalue weighted by molar-refractivity contribution is 0.113. The zero-order chi connectivity index (χ0) is 18.9. The van der Waals surface area contributed by atoms with Crippen molar-refractivity contribution in [1.82, 2.24) is 5.16 Å². The number of hydrogen-bond acceptors (Lipinski definition) is 5. The molecule has 0 atom stereocenters. The molecule has 0 unspecified atom stereocenters. The summed E-state index contributed by atoms with van der Waals surface area (Å²) in [5.74, 6) is 0.00422. The highest BCUT2D eigenvalue weighted by molar-refractivity contribution is 7.89. The summed E-state index contributed by atoms with van der Waals surface area (Å²) in [5, 5.41) is 8.83. The van der Waals surface area contributed by atoms with Crippen LogP contribution in [-0.2, 0) is 10.0 Å². The largest absolute Gasteiger partial charge is 0.497 e. The number of halogens is 2. The van der Waals surface area contributed by atoms with Gasteiger partial charge in [-0.15, -0.1) is 0 Å². The van der Waals surface area contributed by atoms with Gasteiger partial charge in [0, 0.05) is 5.56 Å². The van der Waals surface area contributed by atoms with Gasteiger partial charge in [0.15, 0.2) is 0 Å². The van der Waals surface area contributed by atoms with Gasteiger partial charge in [-0.25, -0.2) is 22.3 Å². The fourth-order valence-corrected chi connectivity index (χ4v) is 3.00. The van der Waals surface area contributed by atoms with Gasteiger partial charge in [-0.05, 0) is 42.0 Å². The second kappa shape index (κ2) is 6.85. The topological polar surface area (TPSA) is 95.4 Å². The maximum atomic E-state index is 13.4. The molecule has 0 fully saturated rings. The number of sulfonamides is 1. The Labute approximate surface area is 148 Å². The van der Waals surface area contributed by atoms with Gasteiger partial charge in [-0.2, -0.15) is 0 Å². The van der Waals surface area contributed by atoms with Gasteiger partial charge < -0.3 is 9.26 Å². The Kier molecular flexibility index (Phi) is 4.75. The molecule has 9 heteroatoms. The highest BCUT2D eigenvalue weighted by Gasteiger charge is 2.26. The number of alkyl halides is 2. The van der Waals surface area contributed by atoms with E-state index in [0.29, 0.717) is 16.9 Å². The van der Waals surface area contributed by atoms with Crippen molar-refractivity contribution in [2.75, 3.05) is 7.11 Å². The Morgan fingerprint density at radius 3 is 2.12 bits per heavy atom. The van der Waals surface area contributed by atoms with Crippen molar-refractivity contribution in [2.45, 2.75) is 11.3 Å². The molecule has 0 amide bonds. The highest BCUT2D eigenvalue weighted by Crippen LogP contribution is 2.39. The average Bonchev–Trinajstić information content (AvgIpc) is 3.06. The van der Waals surface area contributed by atoms with Gasteiger partial charge in [0.25, 0.3) is 6.43 Å². The first-order valence-corrected chi connectivity index (χ1v) is 8.91. The number of nitrogens with zero attached hydrogens (tertiary/aromatic N) is 1. The van der Waals surface area contributed by atoms with Crippen LogP contribution in [0.3, 0.4) is 0 Å². The van der Waals surface area contributed by atoms with Crippen LogP contribution < -0.4 is 9.88 Å². The normalized spacial score (nSPS) is 11.7. The number of primary sulfonamides is 1. The minimum atomic E-state index is -3.89. The zero-order valence-electron chi connectivity index (χ0n) is 13.5. The first-order chi connectivity index (χ1) is 12.3. The lowest BCUT2D eigenvalue weighted by Gasteiger charge is -2.06. The first-order valence-electron chi connectivity index (χ1n) is 7.36. The summed E-state index contributed by atoms with van der Waals surface area (Å²) in [7, 11) is -2.37. The molecule has 0 bridgehead atoms. The van der Waals surface area contributed by atoms with Crippen molar-refractivity contribution in [3.8, 4) is 28.1 Å². The minimum absolute atomic E-state index is 0.0890. The second-order valence-corrected chi connectivity index (χ2v) is 6.93. The van der Waals surface area contributed by atoms with Crippen LogP contribution in [0.15, 0.2) is 57.9 Å². The van der Waals surface area contributed by atoms with Crippen molar-refractivity contribution in [2.24, 2.45) is 5.14 Å².